The van der Waals surface area contributed by atoms with Gasteiger partial charge in [-0.1, -0.05) is 0 Å². The molecule has 10 rings (SSSR count). The Labute approximate surface area is 424 Å². The first-order valence-electron chi connectivity index (χ1n) is 25.1. The highest BCUT2D eigenvalue weighted by Crippen LogP contribution is 2.32. The summed E-state index contributed by atoms with van der Waals surface area (Å²) in [6, 6.07) is 14.6. The number of aromatic nitrogens is 6. The van der Waals surface area contributed by atoms with Gasteiger partial charge in [-0.2, -0.15) is 0 Å². The smallest absolute Gasteiger partial charge is 0.410 e. The lowest BCUT2D eigenvalue weighted by molar-refractivity contribution is 0.00528. The molecule has 0 atom stereocenters. The third kappa shape index (κ3) is 13.0. The maximum Gasteiger partial charge on any atom is 0.410 e. The fraction of sp³-hybridized carbons (Fsp3) is 0.491. The molecule has 73 heavy (non-hydrogen) atoms. The number of likely N-dealkylation sites (tertiary alicyclic amines) is 2. The van der Waals surface area contributed by atoms with Gasteiger partial charge in [0.15, 0.2) is 23.0 Å². The quantitative estimate of drug-likeness (QED) is 0.147. The topological polar surface area (TPSA) is 199 Å². The molecule has 4 aliphatic heterocycles. The van der Waals surface area contributed by atoms with Crippen LogP contribution in [0.2, 0.25) is 0 Å². The van der Waals surface area contributed by atoms with Crippen LogP contribution in [-0.2, 0) is 30.9 Å². The maximum absolute atomic E-state index is 13.3. The van der Waals surface area contributed by atoms with E-state index < -0.39 is 5.60 Å². The second-order valence-corrected chi connectivity index (χ2v) is 19.5. The summed E-state index contributed by atoms with van der Waals surface area (Å²) in [5, 5.41) is 3.62. The van der Waals surface area contributed by atoms with Gasteiger partial charge in [-0.25, -0.2) is 4.79 Å². The van der Waals surface area contributed by atoms with E-state index in [0.717, 1.165) is 103 Å². The van der Waals surface area contributed by atoms with Gasteiger partial charge >= 0.3 is 6.09 Å². The van der Waals surface area contributed by atoms with Crippen molar-refractivity contribution in [2.75, 3.05) is 79.9 Å². The van der Waals surface area contributed by atoms with Crippen molar-refractivity contribution in [3.05, 3.63) is 105 Å². The van der Waals surface area contributed by atoms with Gasteiger partial charge in [0.05, 0.1) is 79.0 Å². The first kappa shape index (κ1) is 50.9. The molecule has 2 saturated heterocycles. The molecular formula is C53H66N10O10. The minimum Gasteiger partial charge on any atom is -0.495 e. The van der Waals surface area contributed by atoms with Crippen LogP contribution >= 0.6 is 0 Å². The molecule has 20 nitrogen and oxygen atoms in total. The summed E-state index contributed by atoms with van der Waals surface area (Å²) in [4.78, 5) is 62.8. The molecular weight excluding hydrogens is 937 g/mol. The highest BCUT2D eigenvalue weighted by atomic mass is 16.6. The van der Waals surface area contributed by atoms with E-state index in [2.05, 4.69) is 35.1 Å². The zero-order valence-corrected chi connectivity index (χ0v) is 42.4. The maximum atomic E-state index is 13.3. The molecule has 0 aliphatic carbocycles. The van der Waals surface area contributed by atoms with Gasteiger partial charge in [-0.15, -0.1) is 0 Å². The normalized spacial score (nSPS) is 16.4. The predicted molar refractivity (Wildman–Crippen MR) is 273 cm³/mol. The molecule has 6 aromatic rings. The summed E-state index contributed by atoms with van der Waals surface area (Å²) in [5.41, 5.74) is 4.10. The third-order valence-electron chi connectivity index (χ3n) is 13.5. The van der Waals surface area contributed by atoms with E-state index in [4.69, 9.17) is 33.2 Å². The average Bonchev–Trinajstić information content (AvgIpc) is 3.41. The number of amides is 1. The summed E-state index contributed by atoms with van der Waals surface area (Å²) in [6.07, 6.45) is 10.1. The highest BCUT2D eigenvalue weighted by Gasteiger charge is 2.32. The standard InChI is InChI=1S/C29H37N5O6.C24H29N5O4/c1-29(2,3)40-28(36)34(19-20-15-25-26(18-30-20)39-14-13-38-25)21-7-9-32(10-8-21)11-12-33-24-16-22(37-4)17-31-23(24)5-6-27(33)35;1-31-19-13-21-20(27-15-19)2-3-24(30)29(21)9-8-28-6-4-17(5-7-28)25-14-18-12-22-23(16-26-18)33-11-10-32-22/h5-6,15-18,21H,7-14,19H2,1-4H3;2-3,12-13,15-17,25H,4-11,14H2,1H3. The fourth-order valence-electron chi connectivity index (χ4n) is 9.53. The predicted octanol–water partition coefficient (Wildman–Crippen LogP) is 5.30. The second-order valence-electron chi connectivity index (χ2n) is 19.5. The number of carbonyl (C=O) groups excluding carboxylic acids is 1. The van der Waals surface area contributed by atoms with E-state index in [-0.39, 0.29) is 23.3 Å². The number of hydrogen-bond donors (Lipinski definition) is 1. The van der Waals surface area contributed by atoms with Crippen LogP contribution in [0, 0.1) is 0 Å². The van der Waals surface area contributed by atoms with Crippen LogP contribution in [0.5, 0.6) is 34.5 Å². The van der Waals surface area contributed by atoms with Crippen molar-refractivity contribution in [2.24, 2.45) is 0 Å². The molecule has 6 aromatic heterocycles. The van der Waals surface area contributed by atoms with Crippen LogP contribution in [0.25, 0.3) is 22.1 Å². The minimum absolute atomic E-state index is 0.00478. The zero-order valence-electron chi connectivity index (χ0n) is 42.4. The van der Waals surface area contributed by atoms with Gasteiger partial charge in [0, 0.05) is 94.3 Å². The molecule has 388 valence electrons. The summed E-state index contributed by atoms with van der Waals surface area (Å²) < 4.78 is 42.4. The number of hydrogen-bond acceptors (Lipinski definition) is 17. The number of nitrogens with zero attached hydrogens (tertiary/aromatic N) is 9. The van der Waals surface area contributed by atoms with Gasteiger partial charge in [0.25, 0.3) is 11.1 Å². The van der Waals surface area contributed by atoms with E-state index in [9.17, 15) is 14.4 Å². The Hall–Kier alpha value is -7.03. The lowest BCUT2D eigenvalue weighted by Gasteiger charge is -2.39. The molecule has 4 aliphatic rings. The van der Waals surface area contributed by atoms with Gasteiger partial charge in [0.1, 0.15) is 43.5 Å². The Kier molecular flexibility index (Phi) is 16.2. The van der Waals surface area contributed by atoms with E-state index in [1.807, 2.05) is 45.0 Å². The first-order chi connectivity index (χ1) is 35.4. The molecule has 0 bridgehead atoms. The molecule has 20 heteroatoms. The third-order valence-corrected chi connectivity index (χ3v) is 13.5. The fourth-order valence-corrected chi connectivity index (χ4v) is 9.53. The van der Waals surface area contributed by atoms with Crippen molar-refractivity contribution in [3.63, 3.8) is 0 Å². The Morgan fingerprint density at radius 2 is 1.11 bits per heavy atom. The molecule has 1 amide bonds. The van der Waals surface area contributed by atoms with Crippen LogP contribution in [0.1, 0.15) is 57.8 Å². The monoisotopic (exact) mass is 1000 g/mol. The molecule has 1 N–H and O–H groups in total. The number of nitrogens with one attached hydrogen (secondary N) is 1. The first-order valence-corrected chi connectivity index (χ1v) is 25.1. The van der Waals surface area contributed by atoms with Crippen LogP contribution < -0.4 is 44.9 Å². The lowest BCUT2D eigenvalue weighted by Crippen LogP contribution is -2.49. The SMILES string of the molecule is COc1cnc2ccc(=O)n(CCN3CCC(N(Cc4cc5c(cn4)OCCO5)C(=O)OC(C)(C)C)CC3)c2c1.COc1cnc2ccc(=O)n(CCN3CCC(NCc4cc5c(cn4)OCCO5)CC3)c2c1. The Bertz CT molecular complexity index is 2980. The van der Waals surface area contributed by atoms with Gasteiger partial charge < -0.3 is 57.4 Å². The Morgan fingerprint density at radius 3 is 1.62 bits per heavy atom. The number of rotatable bonds is 14. The van der Waals surface area contributed by atoms with Gasteiger partial charge in [-0.05, 0) is 71.7 Å². The Morgan fingerprint density at radius 1 is 0.630 bits per heavy atom. The summed E-state index contributed by atoms with van der Waals surface area (Å²) in [6.45, 7) is 15.0. The highest BCUT2D eigenvalue weighted by molar-refractivity contribution is 5.76. The van der Waals surface area contributed by atoms with Crippen LogP contribution in [0.4, 0.5) is 4.79 Å². The van der Waals surface area contributed by atoms with Crippen LogP contribution in [-0.4, -0.2) is 147 Å². The van der Waals surface area contributed by atoms with Crippen molar-refractivity contribution < 1.29 is 38.0 Å². The minimum atomic E-state index is -0.612. The lowest BCUT2D eigenvalue weighted by atomic mass is 10.0. The van der Waals surface area contributed by atoms with Crippen molar-refractivity contribution in [1.29, 1.82) is 0 Å². The summed E-state index contributed by atoms with van der Waals surface area (Å²) >= 11 is 0. The number of ether oxygens (including phenoxy) is 7. The molecule has 2 fully saturated rings. The van der Waals surface area contributed by atoms with Crippen LogP contribution in [0.15, 0.2) is 82.9 Å². The van der Waals surface area contributed by atoms with Crippen molar-refractivity contribution in [2.45, 2.75) is 90.3 Å². The number of piperidine rings is 2. The molecule has 0 spiro atoms. The second kappa shape index (κ2) is 23.2. The van der Waals surface area contributed by atoms with E-state index in [1.165, 1.54) is 0 Å². The number of carbonyl (C=O) groups is 1. The van der Waals surface area contributed by atoms with Crippen molar-refractivity contribution >= 4 is 28.2 Å². The molecule has 0 unspecified atom stereocenters. The largest absolute Gasteiger partial charge is 0.495 e. The van der Waals surface area contributed by atoms with Crippen molar-refractivity contribution in [1.82, 2.24) is 49.1 Å². The van der Waals surface area contributed by atoms with Gasteiger partial charge in [0.2, 0.25) is 0 Å². The summed E-state index contributed by atoms with van der Waals surface area (Å²) in [7, 11) is 3.19. The van der Waals surface area contributed by atoms with E-state index in [1.54, 1.807) is 77.3 Å². The molecule has 10 heterocycles. The Balaban J connectivity index is 0.000000183. The average molecular weight is 1000 g/mol. The molecule has 0 aromatic carbocycles. The van der Waals surface area contributed by atoms with E-state index >= 15 is 0 Å². The summed E-state index contributed by atoms with van der Waals surface area (Å²) in [5.74, 6) is 4.03. The van der Waals surface area contributed by atoms with E-state index in [0.29, 0.717) is 88.2 Å². The van der Waals surface area contributed by atoms with Crippen LogP contribution in [0.3, 0.4) is 0 Å². The van der Waals surface area contributed by atoms with Crippen molar-refractivity contribution in [3.8, 4) is 34.5 Å². The molecule has 0 radical (unpaired) electrons. The van der Waals surface area contributed by atoms with Gasteiger partial charge in [-0.3, -0.25) is 34.4 Å². The molecule has 0 saturated carbocycles. The number of fused-ring (bicyclic) bond motifs is 4. The zero-order chi connectivity index (χ0) is 50.9. The number of methoxy groups -OCH3 is 2. The number of pyridine rings is 6.